The lowest BCUT2D eigenvalue weighted by molar-refractivity contribution is 0.130. The third-order valence-corrected chi connectivity index (χ3v) is 2.12. The van der Waals surface area contributed by atoms with E-state index >= 15 is 0 Å². The molecule has 0 aromatic carbocycles. The number of rotatable bonds is 1. The molecule has 1 aromatic heterocycles. The van der Waals surface area contributed by atoms with Gasteiger partial charge in [-0.05, 0) is 13.0 Å². The van der Waals surface area contributed by atoms with Crippen molar-refractivity contribution < 1.29 is 4.74 Å². The van der Waals surface area contributed by atoms with Crippen molar-refractivity contribution in [1.82, 2.24) is 20.3 Å². The van der Waals surface area contributed by atoms with Gasteiger partial charge in [0.15, 0.2) is 0 Å². The molecule has 0 spiro atoms. The summed E-state index contributed by atoms with van der Waals surface area (Å²) in [6, 6.07) is 0.205. The molecule has 2 rings (SSSR count). The summed E-state index contributed by atoms with van der Waals surface area (Å²) in [5, 5.41) is 11.3. The van der Waals surface area contributed by atoms with Crippen LogP contribution in [-0.2, 0) is 11.8 Å². The van der Waals surface area contributed by atoms with Crippen molar-refractivity contribution in [2.24, 2.45) is 7.05 Å². The highest BCUT2D eigenvalue weighted by Gasteiger charge is 2.16. The number of aryl methyl sites for hydroxylation is 1. The van der Waals surface area contributed by atoms with E-state index < -0.39 is 0 Å². The van der Waals surface area contributed by atoms with Crippen LogP contribution in [0.15, 0.2) is 6.20 Å². The van der Waals surface area contributed by atoms with Crippen LogP contribution in [0.2, 0.25) is 0 Å². The van der Waals surface area contributed by atoms with E-state index in [2.05, 4.69) is 15.6 Å². The first kappa shape index (κ1) is 8.65. The van der Waals surface area contributed by atoms with Gasteiger partial charge in [0.25, 0.3) is 0 Å². The van der Waals surface area contributed by atoms with Crippen LogP contribution < -0.4 is 5.32 Å². The van der Waals surface area contributed by atoms with Crippen molar-refractivity contribution in [3.63, 3.8) is 0 Å². The molecule has 72 valence electrons. The van der Waals surface area contributed by atoms with Gasteiger partial charge in [-0.15, -0.1) is 5.10 Å². The van der Waals surface area contributed by atoms with Gasteiger partial charge in [-0.25, -0.2) is 0 Å². The van der Waals surface area contributed by atoms with E-state index in [0.29, 0.717) is 6.61 Å². The normalized spacial score (nSPS) is 24.2. The van der Waals surface area contributed by atoms with Crippen molar-refractivity contribution in [2.75, 3.05) is 19.8 Å². The molecule has 2 heterocycles. The van der Waals surface area contributed by atoms with Gasteiger partial charge in [-0.3, -0.25) is 4.68 Å². The molecule has 1 fully saturated rings. The maximum Gasteiger partial charge on any atom is 0.102 e. The summed E-state index contributed by atoms with van der Waals surface area (Å²) in [7, 11) is 1.87. The minimum absolute atomic E-state index is 0.205. The van der Waals surface area contributed by atoms with Crippen molar-refractivity contribution in [3.05, 3.63) is 11.9 Å². The van der Waals surface area contributed by atoms with Crippen LogP contribution >= 0.6 is 0 Å². The van der Waals surface area contributed by atoms with Crippen LogP contribution in [0.5, 0.6) is 0 Å². The van der Waals surface area contributed by atoms with Crippen LogP contribution in [0.1, 0.15) is 18.2 Å². The van der Waals surface area contributed by atoms with E-state index in [0.717, 1.165) is 25.3 Å². The van der Waals surface area contributed by atoms with Gasteiger partial charge in [-0.2, -0.15) is 0 Å². The van der Waals surface area contributed by atoms with E-state index in [1.165, 1.54) is 0 Å². The number of aromatic nitrogens is 3. The van der Waals surface area contributed by atoms with Gasteiger partial charge in [0.05, 0.1) is 12.6 Å². The number of hydrogen-bond acceptors (Lipinski definition) is 4. The summed E-state index contributed by atoms with van der Waals surface area (Å²) in [5.41, 5.74) is 0.962. The second-order valence-electron chi connectivity index (χ2n) is 3.25. The summed E-state index contributed by atoms with van der Waals surface area (Å²) in [5.74, 6) is 0. The lowest BCUT2D eigenvalue weighted by atomic mass is 10.2. The molecule has 1 N–H and O–H groups in total. The Bertz CT molecular complexity index is 265. The fraction of sp³-hybridized carbons (Fsp3) is 0.750. The molecular weight excluding hydrogens is 168 g/mol. The molecule has 5 heteroatoms. The van der Waals surface area contributed by atoms with Gasteiger partial charge in [0.2, 0.25) is 0 Å². The second-order valence-corrected chi connectivity index (χ2v) is 3.25. The third-order valence-electron chi connectivity index (χ3n) is 2.12. The molecule has 1 aliphatic heterocycles. The molecule has 5 nitrogen and oxygen atoms in total. The maximum atomic E-state index is 5.43. The molecule has 0 aliphatic carbocycles. The smallest absolute Gasteiger partial charge is 0.102 e. The molecule has 1 saturated heterocycles. The Morgan fingerprint density at radius 3 is 3.38 bits per heavy atom. The lowest BCUT2D eigenvalue weighted by Gasteiger charge is -2.10. The Balaban J connectivity index is 2.06. The Labute approximate surface area is 77.1 Å². The third kappa shape index (κ3) is 2.05. The largest absolute Gasteiger partial charge is 0.379 e. The van der Waals surface area contributed by atoms with Crippen LogP contribution in [0.25, 0.3) is 0 Å². The van der Waals surface area contributed by atoms with E-state index in [1.54, 1.807) is 4.68 Å². The van der Waals surface area contributed by atoms with Crippen molar-refractivity contribution in [3.8, 4) is 0 Å². The highest BCUT2D eigenvalue weighted by Crippen LogP contribution is 2.11. The highest BCUT2D eigenvalue weighted by molar-refractivity contribution is 5.00. The zero-order valence-corrected chi connectivity index (χ0v) is 7.73. The second kappa shape index (κ2) is 3.85. The van der Waals surface area contributed by atoms with Crippen LogP contribution in [0.3, 0.4) is 0 Å². The molecular formula is C8H14N4O. The number of hydrogen-bond donors (Lipinski definition) is 1. The molecule has 0 bridgehead atoms. The molecule has 0 radical (unpaired) electrons. The average Bonchev–Trinajstić information content (AvgIpc) is 2.43. The van der Waals surface area contributed by atoms with Crippen LogP contribution in [0, 0.1) is 0 Å². The number of nitrogens with one attached hydrogen (secondary N) is 1. The fourth-order valence-corrected chi connectivity index (χ4v) is 1.43. The van der Waals surface area contributed by atoms with E-state index in [9.17, 15) is 0 Å². The van der Waals surface area contributed by atoms with Crippen LogP contribution in [0.4, 0.5) is 0 Å². The maximum absolute atomic E-state index is 5.43. The molecule has 1 aliphatic rings. The van der Waals surface area contributed by atoms with E-state index in [-0.39, 0.29) is 6.04 Å². The van der Waals surface area contributed by atoms with Crippen LogP contribution in [-0.4, -0.2) is 34.8 Å². The Morgan fingerprint density at radius 1 is 1.69 bits per heavy atom. The molecule has 1 unspecified atom stereocenters. The van der Waals surface area contributed by atoms with Crippen molar-refractivity contribution in [1.29, 1.82) is 0 Å². The monoisotopic (exact) mass is 182 g/mol. The Kier molecular flexibility index (Phi) is 2.56. The summed E-state index contributed by atoms with van der Waals surface area (Å²) in [6.07, 6.45) is 2.99. The summed E-state index contributed by atoms with van der Waals surface area (Å²) in [4.78, 5) is 0. The van der Waals surface area contributed by atoms with E-state index in [1.807, 2.05) is 13.2 Å². The molecule has 0 amide bonds. The first-order chi connectivity index (χ1) is 6.36. The van der Waals surface area contributed by atoms with Gasteiger partial charge in [-0.1, -0.05) is 5.21 Å². The minimum Gasteiger partial charge on any atom is -0.379 e. The quantitative estimate of drug-likeness (QED) is 0.657. The van der Waals surface area contributed by atoms with Crippen molar-refractivity contribution in [2.45, 2.75) is 12.5 Å². The highest BCUT2D eigenvalue weighted by atomic mass is 16.5. The summed E-state index contributed by atoms with van der Waals surface area (Å²) >= 11 is 0. The molecule has 0 saturated carbocycles. The predicted octanol–water partition coefficient (Wildman–Crippen LogP) is -0.134. The minimum atomic E-state index is 0.205. The SMILES string of the molecule is Cn1cc(C2COCCCN2)nn1. The summed E-state index contributed by atoms with van der Waals surface area (Å²) in [6.45, 7) is 2.52. The van der Waals surface area contributed by atoms with Crippen molar-refractivity contribution >= 4 is 0 Å². The lowest BCUT2D eigenvalue weighted by Crippen LogP contribution is -2.23. The zero-order valence-electron chi connectivity index (χ0n) is 7.73. The van der Waals surface area contributed by atoms with Gasteiger partial charge in [0.1, 0.15) is 5.69 Å². The number of ether oxygens (including phenoxy) is 1. The fourth-order valence-electron chi connectivity index (χ4n) is 1.43. The van der Waals surface area contributed by atoms with E-state index in [4.69, 9.17) is 4.74 Å². The average molecular weight is 182 g/mol. The summed E-state index contributed by atoms with van der Waals surface area (Å²) < 4.78 is 7.14. The molecule has 1 aromatic rings. The topological polar surface area (TPSA) is 52.0 Å². The van der Waals surface area contributed by atoms with Gasteiger partial charge in [0, 0.05) is 19.9 Å². The molecule has 13 heavy (non-hydrogen) atoms. The number of nitrogens with zero attached hydrogens (tertiary/aromatic N) is 3. The first-order valence-electron chi connectivity index (χ1n) is 4.53. The Morgan fingerprint density at radius 2 is 2.62 bits per heavy atom. The van der Waals surface area contributed by atoms with Gasteiger partial charge >= 0.3 is 0 Å². The first-order valence-corrected chi connectivity index (χ1v) is 4.53. The zero-order chi connectivity index (χ0) is 9.10. The molecule has 1 atom stereocenters. The Hall–Kier alpha value is -0.940. The standard InChI is InChI=1S/C8H14N4O/c1-12-5-7(10-11-12)8-6-13-4-2-3-9-8/h5,8-9H,2-4,6H2,1H3. The predicted molar refractivity (Wildman–Crippen MR) is 47.2 cm³/mol. The van der Waals surface area contributed by atoms with Gasteiger partial charge < -0.3 is 10.1 Å².